The van der Waals surface area contributed by atoms with Crippen LogP contribution < -0.4 is 5.73 Å². The molecule has 0 radical (unpaired) electrons. The van der Waals surface area contributed by atoms with Gasteiger partial charge >= 0.3 is 0 Å². The maximum atomic E-state index is 6.37. The van der Waals surface area contributed by atoms with E-state index in [1.54, 1.807) is 11.3 Å². The molecule has 4 atom stereocenters. The van der Waals surface area contributed by atoms with Gasteiger partial charge in [0.15, 0.2) is 0 Å². The van der Waals surface area contributed by atoms with Gasteiger partial charge in [-0.05, 0) is 43.9 Å². The lowest BCUT2D eigenvalue weighted by molar-refractivity contribution is 0.279. The van der Waals surface area contributed by atoms with Crippen molar-refractivity contribution in [3.05, 3.63) is 16.1 Å². The summed E-state index contributed by atoms with van der Waals surface area (Å²) in [5.74, 6) is 2.71. The highest BCUT2D eigenvalue weighted by Gasteiger charge is 2.41. The van der Waals surface area contributed by atoms with Crippen LogP contribution >= 0.6 is 11.3 Å². The van der Waals surface area contributed by atoms with Gasteiger partial charge in [0.25, 0.3) is 0 Å². The van der Waals surface area contributed by atoms with Crippen LogP contribution in [0.4, 0.5) is 0 Å². The number of nitrogens with two attached hydrogens (primary N) is 1. The molecule has 0 saturated heterocycles. The third-order valence-corrected chi connectivity index (χ3v) is 5.28. The summed E-state index contributed by atoms with van der Waals surface area (Å²) in [6.07, 6.45) is 6.71. The molecule has 0 amide bonds. The lowest BCUT2D eigenvalue weighted by atomic mass is 9.82. The molecular weight excluding hydrogens is 216 g/mol. The van der Waals surface area contributed by atoms with E-state index >= 15 is 0 Å². The first-order valence-electron chi connectivity index (χ1n) is 6.39. The van der Waals surface area contributed by atoms with Gasteiger partial charge < -0.3 is 5.73 Å². The highest BCUT2D eigenvalue weighted by molar-refractivity contribution is 7.09. The summed E-state index contributed by atoms with van der Waals surface area (Å²) in [4.78, 5) is 4.52. The van der Waals surface area contributed by atoms with E-state index in [4.69, 9.17) is 5.73 Å². The van der Waals surface area contributed by atoms with Gasteiger partial charge in [-0.3, -0.25) is 0 Å². The van der Waals surface area contributed by atoms with Crippen molar-refractivity contribution in [2.45, 2.75) is 45.1 Å². The van der Waals surface area contributed by atoms with E-state index in [-0.39, 0.29) is 0 Å². The minimum Gasteiger partial charge on any atom is -0.327 e. The number of aromatic nitrogens is 1. The number of hydrogen-bond acceptors (Lipinski definition) is 3. The van der Waals surface area contributed by atoms with E-state index in [0.717, 1.165) is 29.2 Å². The molecule has 2 nitrogen and oxygen atoms in total. The molecule has 0 aliphatic heterocycles. The quantitative estimate of drug-likeness (QED) is 0.876. The summed E-state index contributed by atoms with van der Waals surface area (Å²) in [6.45, 7) is 2.07. The van der Waals surface area contributed by atoms with Crippen LogP contribution in [0.3, 0.4) is 0 Å². The first-order valence-corrected chi connectivity index (χ1v) is 7.27. The smallest absolute Gasteiger partial charge is 0.0897 e. The van der Waals surface area contributed by atoms with Crippen molar-refractivity contribution in [1.29, 1.82) is 0 Å². The van der Waals surface area contributed by atoms with Gasteiger partial charge in [-0.15, -0.1) is 11.3 Å². The van der Waals surface area contributed by atoms with Crippen LogP contribution in [0, 0.1) is 24.7 Å². The summed E-state index contributed by atoms with van der Waals surface area (Å²) in [5.41, 5.74) is 7.58. The van der Waals surface area contributed by atoms with Crippen molar-refractivity contribution in [2.75, 3.05) is 0 Å². The Bertz CT molecular complexity index is 374. The summed E-state index contributed by atoms with van der Waals surface area (Å²) in [5, 5.41) is 3.33. The summed E-state index contributed by atoms with van der Waals surface area (Å²) in [7, 11) is 0. The standard InChI is InChI=1S/C13H20N2S/c1-8-15-11(7-16-8)6-13(14)12-5-9-2-3-10(12)4-9/h7,9-10,12-13H,2-6,14H2,1H3. The summed E-state index contributed by atoms with van der Waals surface area (Å²) < 4.78 is 0. The number of thiazole rings is 1. The van der Waals surface area contributed by atoms with Gasteiger partial charge in [0, 0.05) is 17.8 Å². The highest BCUT2D eigenvalue weighted by Crippen LogP contribution is 2.49. The number of nitrogens with zero attached hydrogens (tertiary/aromatic N) is 1. The van der Waals surface area contributed by atoms with Crippen molar-refractivity contribution in [1.82, 2.24) is 4.98 Å². The fourth-order valence-corrected chi connectivity index (χ4v) is 4.34. The fraction of sp³-hybridized carbons (Fsp3) is 0.769. The zero-order chi connectivity index (χ0) is 11.1. The number of fused-ring (bicyclic) bond motifs is 2. The van der Waals surface area contributed by atoms with Gasteiger partial charge in [0.05, 0.1) is 10.7 Å². The Labute approximate surface area is 101 Å². The number of rotatable bonds is 3. The Hall–Kier alpha value is -0.410. The molecule has 16 heavy (non-hydrogen) atoms. The van der Waals surface area contributed by atoms with Crippen LogP contribution in [0.25, 0.3) is 0 Å². The van der Waals surface area contributed by atoms with Crippen molar-refractivity contribution < 1.29 is 0 Å². The Morgan fingerprint density at radius 3 is 2.94 bits per heavy atom. The lowest BCUT2D eigenvalue weighted by Gasteiger charge is -2.27. The predicted molar refractivity (Wildman–Crippen MR) is 67.5 cm³/mol. The zero-order valence-corrected chi connectivity index (χ0v) is 10.7. The SMILES string of the molecule is Cc1nc(CC(N)C2CC3CCC2C3)cs1. The zero-order valence-electron chi connectivity index (χ0n) is 9.86. The van der Waals surface area contributed by atoms with E-state index in [1.165, 1.54) is 31.4 Å². The molecule has 0 spiro atoms. The van der Waals surface area contributed by atoms with E-state index in [2.05, 4.69) is 17.3 Å². The third kappa shape index (κ3) is 1.91. The fourth-order valence-electron chi connectivity index (χ4n) is 3.71. The molecule has 1 heterocycles. The Morgan fingerprint density at radius 2 is 2.38 bits per heavy atom. The summed E-state index contributed by atoms with van der Waals surface area (Å²) >= 11 is 1.74. The van der Waals surface area contributed by atoms with E-state index in [0.29, 0.717) is 6.04 Å². The Kier molecular flexibility index (Phi) is 2.76. The molecule has 2 aliphatic carbocycles. The predicted octanol–water partition coefficient (Wildman–Crippen LogP) is 2.76. The maximum Gasteiger partial charge on any atom is 0.0897 e. The molecule has 88 valence electrons. The molecule has 2 fully saturated rings. The van der Waals surface area contributed by atoms with E-state index in [9.17, 15) is 0 Å². The van der Waals surface area contributed by atoms with Crippen molar-refractivity contribution in [2.24, 2.45) is 23.5 Å². The maximum absolute atomic E-state index is 6.37. The van der Waals surface area contributed by atoms with Crippen molar-refractivity contribution >= 4 is 11.3 Å². The average molecular weight is 236 g/mol. The van der Waals surface area contributed by atoms with Crippen molar-refractivity contribution in [3.8, 4) is 0 Å². The molecule has 3 heteroatoms. The second kappa shape index (κ2) is 4.11. The molecule has 2 aliphatic rings. The molecule has 1 aromatic rings. The van der Waals surface area contributed by atoms with Gasteiger partial charge in [0.1, 0.15) is 0 Å². The number of aryl methyl sites for hydroxylation is 1. The van der Waals surface area contributed by atoms with Crippen LogP contribution in [0.5, 0.6) is 0 Å². The lowest BCUT2D eigenvalue weighted by Crippen LogP contribution is -2.35. The molecule has 3 rings (SSSR count). The van der Waals surface area contributed by atoms with E-state index < -0.39 is 0 Å². The molecule has 2 N–H and O–H groups in total. The van der Waals surface area contributed by atoms with Crippen LogP contribution in [-0.2, 0) is 6.42 Å². The summed E-state index contributed by atoms with van der Waals surface area (Å²) in [6, 6.07) is 0.344. The van der Waals surface area contributed by atoms with Crippen LogP contribution in [-0.4, -0.2) is 11.0 Å². The number of hydrogen-bond donors (Lipinski definition) is 1. The largest absolute Gasteiger partial charge is 0.327 e. The highest BCUT2D eigenvalue weighted by atomic mass is 32.1. The topological polar surface area (TPSA) is 38.9 Å². The van der Waals surface area contributed by atoms with Gasteiger partial charge in [-0.25, -0.2) is 4.98 Å². The minimum atomic E-state index is 0.344. The first kappa shape index (κ1) is 10.7. The monoisotopic (exact) mass is 236 g/mol. The first-order chi connectivity index (χ1) is 7.72. The van der Waals surface area contributed by atoms with Crippen LogP contribution in [0.1, 0.15) is 36.4 Å². The molecule has 4 unspecified atom stereocenters. The van der Waals surface area contributed by atoms with E-state index in [1.807, 2.05) is 0 Å². The normalized spacial score (nSPS) is 34.5. The molecular formula is C13H20N2S. The van der Waals surface area contributed by atoms with Gasteiger partial charge in [0.2, 0.25) is 0 Å². The Balaban J connectivity index is 1.63. The van der Waals surface area contributed by atoms with Gasteiger partial charge in [-0.2, -0.15) is 0 Å². The Morgan fingerprint density at radius 1 is 1.50 bits per heavy atom. The van der Waals surface area contributed by atoms with Crippen molar-refractivity contribution in [3.63, 3.8) is 0 Å². The average Bonchev–Trinajstić information content (AvgIpc) is 2.93. The third-order valence-electron chi connectivity index (χ3n) is 4.45. The molecule has 2 bridgehead atoms. The second-order valence-electron chi connectivity index (χ2n) is 5.56. The molecule has 2 saturated carbocycles. The van der Waals surface area contributed by atoms with Gasteiger partial charge in [-0.1, -0.05) is 6.42 Å². The van der Waals surface area contributed by atoms with Crippen LogP contribution in [0.2, 0.25) is 0 Å². The second-order valence-corrected chi connectivity index (χ2v) is 6.63. The minimum absolute atomic E-state index is 0.344. The molecule has 0 aromatic carbocycles. The molecule has 1 aromatic heterocycles. The van der Waals surface area contributed by atoms with Crippen LogP contribution in [0.15, 0.2) is 5.38 Å².